The molecular weight excluding hydrogens is 254 g/mol. The number of hydrogen-bond acceptors (Lipinski definition) is 3. The van der Waals surface area contributed by atoms with Crippen LogP contribution in [0.3, 0.4) is 0 Å². The fourth-order valence-corrected chi connectivity index (χ4v) is 2.64. The van der Waals surface area contributed by atoms with Crippen molar-refractivity contribution < 1.29 is 14.3 Å². The van der Waals surface area contributed by atoms with Gasteiger partial charge in [-0.15, -0.1) is 0 Å². The van der Waals surface area contributed by atoms with Crippen LogP contribution in [0.5, 0.6) is 0 Å². The molecule has 1 aromatic rings. The van der Waals surface area contributed by atoms with Crippen LogP contribution in [0.15, 0.2) is 24.3 Å². The predicted octanol–water partition coefficient (Wildman–Crippen LogP) is 2.39. The molecule has 2 aliphatic carbocycles. The van der Waals surface area contributed by atoms with Gasteiger partial charge in [-0.2, -0.15) is 0 Å². The summed E-state index contributed by atoms with van der Waals surface area (Å²) < 4.78 is 4.64. The van der Waals surface area contributed by atoms with Crippen molar-refractivity contribution >= 4 is 11.9 Å². The highest BCUT2D eigenvalue weighted by Gasteiger charge is 2.42. The summed E-state index contributed by atoms with van der Waals surface area (Å²) in [5.74, 6) is 0.942. The summed E-state index contributed by atoms with van der Waals surface area (Å²) in [6.45, 7) is 0. The van der Waals surface area contributed by atoms with Crippen molar-refractivity contribution in [3.63, 3.8) is 0 Å². The van der Waals surface area contributed by atoms with Gasteiger partial charge in [-0.05, 0) is 61.8 Å². The summed E-state index contributed by atoms with van der Waals surface area (Å²) >= 11 is 0. The van der Waals surface area contributed by atoms with E-state index in [1.54, 1.807) is 24.3 Å². The molecule has 20 heavy (non-hydrogen) atoms. The molecule has 106 valence electrons. The summed E-state index contributed by atoms with van der Waals surface area (Å²) in [6.07, 6.45) is 4.96. The van der Waals surface area contributed by atoms with Gasteiger partial charge in [-0.25, -0.2) is 4.79 Å². The Kier molecular flexibility index (Phi) is 3.47. The van der Waals surface area contributed by atoms with Gasteiger partial charge in [0.15, 0.2) is 0 Å². The number of methoxy groups -OCH3 is 1. The van der Waals surface area contributed by atoms with E-state index < -0.39 is 0 Å². The van der Waals surface area contributed by atoms with Crippen LogP contribution in [-0.2, 0) is 4.74 Å². The summed E-state index contributed by atoms with van der Waals surface area (Å²) in [5, 5.41) is 3.16. The molecule has 1 aromatic carbocycles. The molecule has 2 saturated carbocycles. The Morgan fingerprint density at radius 2 is 1.55 bits per heavy atom. The fourth-order valence-electron chi connectivity index (χ4n) is 2.64. The van der Waals surface area contributed by atoms with Crippen LogP contribution < -0.4 is 5.32 Å². The van der Waals surface area contributed by atoms with E-state index in [9.17, 15) is 9.59 Å². The first-order valence-electron chi connectivity index (χ1n) is 7.18. The first-order chi connectivity index (χ1) is 9.69. The lowest BCUT2D eigenvalue weighted by Crippen LogP contribution is -2.38. The lowest BCUT2D eigenvalue weighted by Gasteiger charge is -2.17. The van der Waals surface area contributed by atoms with E-state index in [1.165, 1.54) is 32.8 Å². The second-order valence-corrected chi connectivity index (χ2v) is 5.74. The van der Waals surface area contributed by atoms with Crippen LogP contribution in [0.2, 0.25) is 0 Å². The molecule has 0 aromatic heterocycles. The molecule has 0 unspecified atom stereocenters. The standard InChI is InChI=1S/C16H19NO3/c1-20-16(19)13-8-6-12(7-9-13)15(18)17-14(10-2-3-10)11-4-5-11/h6-11,14H,2-5H2,1H3,(H,17,18). The third kappa shape index (κ3) is 2.84. The van der Waals surface area contributed by atoms with E-state index in [0.29, 0.717) is 29.0 Å². The number of carbonyl (C=O) groups is 2. The van der Waals surface area contributed by atoms with Crippen LogP contribution in [0.1, 0.15) is 46.4 Å². The summed E-state index contributed by atoms with van der Waals surface area (Å²) in [4.78, 5) is 23.6. The van der Waals surface area contributed by atoms with E-state index >= 15 is 0 Å². The monoisotopic (exact) mass is 273 g/mol. The van der Waals surface area contributed by atoms with Gasteiger partial charge < -0.3 is 10.1 Å². The van der Waals surface area contributed by atoms with E-state index in [4.69, 9.17) is 0 Å². The Labute approximate surface area is 118 Å². The lowest BCUT2D eigenvalue weighted by atomic mass is 10.1. The van der Waals surface area contributed by atoms with Crippen LogP contribution in [-0.4, -0.2) is 25.0 Å². The Balaban J connectivity index is 1.65. The highest BCUT2D eigenvalue weighted by atomic mass is 16.5. The number of hydrogen-bond donors (Lipinski definition) is 1. The molecule has 0 spiro atoms. The number of amides is 1. The minimum atomic E-state index is -0.384. The lowest BCUT2D eigenvalue weighted by molar-refractivity contribution is 0.0600. The maximum Gasteiger partial charge on any atom is 0.337 e. The minimum absolute atomic E-state index is 0.0368. The number of benzene rings is 1. The molecule has 0 atom stereocenters. The van der Waals surface area contributed by atoms with Gasteiger partial charge in [0.2, 0.25) is 0 Å². The van der Waals surface area contributed by atoms with Gasteiger partial charge in [0.1, 0.15) is 0 Å². The second-order valence-electron chi connectivity index (χ2n) is 5.74. The van der Waals surface area contributed by atoms with Crippen molar-refractivity contribution in [3.8, 4) is 0 Å². The smallest absolute Gasteiger partial charge is 0.337 e. The predicted molar refractivity (Wildman–Crippen MR) is 74.5 cm³/mol. The molecule has 0 heterocycles. The Morgan fingerprint density at radius 1 is 1.05 bits per heavy atom. The van der Waals surface area contributed by atoms with Crippen molar-refractivity contribution in [1.82, 2.24) is 5.32 Å². The Bertz CT molecular complexity index is 503. The number of rotatable bonds is 5. The molecule has 2 aliphatic rings. The Hall–Kier alpha value is -1.84. The van der Waals surface area contributed by atoms with Gasteiger partial charge >= 0.3 is 5.97 Å². The maximum atomic E-state index is 12.2. The molecule has 1 amide bonds. The molecule has 1 N–H and O–H groups in total. The largest absolute Gasteiger partial charge is 0.465 e. The summed E-state index contributed by atoms with van der Waals surface area (Å²) in [7, 11) is 1.35. The average Bonchev–Trinajstić information content (AvgIpc) is 3.36. The molecular formula is C16H19NO3. The molecule has 4 heteroatoms. The zero-order valence-electron chi connectivity index (χ0n) is 11.6. The zero-order valence-corrected chi connectivity index (χ0v) is 11.6. The van der Waals surface area contributed by atoms with E-state index in [0.717, 1.165) is 0 Å². The van der Waals surface area contributed by atoms with Gasteiger partial charge in [0, 0.05) is 11.6 Å². The zero-order chi connectivity index (χ0) is 14.1. The van der Waals surface area contributed by atoms with Gasteiger partial charge in [-0.1, -0.05) is 0 Å². The third-order valence-electron chi connectivity index (χ3n) is 4.13. The molecule has 0 aliphatic heterocycles. The van der Waals surface area contributed by atoms with Gasteiger partial charge in [0.25, 0.3) is 5.91 Å². The van der Waals surface area contributed by atoms with E-state index in [-0.39, 0.29) is 11.9 Å². The number of carbonyl (C=O) groups excluding carboxylic acids is 2. The highest BCUT2D eigenvalue weighted by molar-refractivity contribution is 5.96. The molecule has 0 radical (unpaired) electrons. The number of nitrogens with one attached hydrogen (secondary N) is 1. The van der Waals surface area contributed by atoms with Gasteiger partial charge in [0.05, 0.1) is 12.7 Å². The number of ether oxygens (including phenoxy) is 1. The van der Waals surface area contributed by atoms with Crippen molar-refractivity contribution in [1.29, 1.82) is 0 Å². The normalized spacial score (nSPS) is 17.9. The fraction of sp³-hybridized carbons (Fsp3) is 0.500. The maximum absolute atomic E-state index is 12.2. The second kappa shape index (κ2) is 5.27. The Morgan fingerprint density at radius 3 is 2.00 bits per heavy atom. The van der Waals surface area contributed by atoms with Gasteiger partial charge in [-0.3, -0.25) is 4.79 Å². The SMILES string of the molecule is COC(=O)c1ccc(C(=O)NC(C2CC2)C2CC2)cc1. The number of esters is 1. The van der Waals surface area contributed by atoms with Crippen LogP contribution >= 0.6 is 0 Å². The molecule has 3 rings (SSSR count). The molecule has 4 nitrogen and oxygen atoms in total. The van der Waals surface area contributed by atoms with E-state index in [2.05, 4.69) is 10.1 Å². The average molecular weight is 273 g/mol. The van der Waals surface area contributed by atoms with Crippen LogP contribution in [0.4, 0.5) is 0 Å². The topological polar surface area (TPSA) is 55.4 Å². The molecule has 0 bridgehead atoms. The first-order valence-corrected chi connectivity index (χ1v) is 7.18. The highest BCUT2D eigenvalue weighted by Crippen LogP contribution is 2.44. The quantitative estimate of drug-likeness (QED) is 0.838. The van der Waals surface area contributed by atoms with Crippen LogP contribution in [0, 0.1) is 11.8 Å². The van der Waals surface area contributed by atoms with E-state index in [1.807, 2.05) is 0 Å². The van der Waals surface area contributed by atoms with Crippen molar-refractivity contribution in [2.45, 2.75) is 31.7 Å². The molecule has 2 fully saturated rings. The summed E-state index contributed by atoms with van der Waals surface area (Å²) in [6, 6.07) is 6.97. The molecule has 0 saturated heterocycles. The van der Waals surface area contributed by atoms with Crippen molar-refractivity contribution in [2.24, 2.45) is 11.8 Å². The van der Waals surface area contributed by atoms with Crippen LogP contribution in [0.25, 0.3) is 0 Å². The minimum Gasteiger partial charge on any atom is -0.465 e. The first kappa shape index (κ1) is 13.2. The summed E-state index contributed by atoms with van der Waals surface area (Å²) in [5.41, 5.74) is 1.06. The third-order valence-corrected chi connectivity index (χ3v) is 4.13. The van der Waals surface area contributed by atoms with Crippen molar-refractivity contribution in [2.75, 3.05) is 7.11 Å². The van der Waals surface area contributed by atoms with Crippen molar-refractivity contribution in [3.05, 3.63) is 35.4 Å².